The number of nitrogens with zero attached hydrogens (tertiary/aromatic N) is 3. The number of hydrogen-bond donors (Lipinski definition) is 1. The summed E-state index contributed by atoms with van der Waals surface area (Å²) in [5.74, 6) is 0.608. The zero-order valence-corrected chi connectivity index (χ0v) is 16.8. The molecule has 6 heteroatoms. The molecule has 148 valence electrons. The molecule has 0 spiro atoms. The van der Waals surface area contributed by atoms with Crippen LogP contribution in [0.1, 0.15) is 27.2 Å². The van der Waals surface area contributed by atoms with Crippen LogP contribution >= 0.6 is 0 Å². The zero-order chi connectivity index (χ0) is 19.6. The summed E-state index contributed by atoms with van der Waals surface area (Å²) in [5.41, 5.74) is 2.82. The van der Waals surface area contributed by atoms with Crippen LogP contribution in [0.3, 0.4) is 0 Å². The van der Waals surface area contributed by atoms with E-state index in [0.717, 1.165) is 48.3 Å². The summed E-state index contributed by atoms with van der Waals surface area (Å²) in [6, 6.07) is 8.02. The van der Waals surface area contributed by atoms with Gasteiger partial charge in [-0.25, -0.2) is 4.98 Å². The van der Waals surface area contributed by atoms with Gasteiger partial charge >= 0.3 is 0 Å². The molecule has 0 aliphatic carbocycles. The smallest absolute Gasteiger partial charge is 0.223 e. The molecule has 0 saturated carbocycles. The van der Waals surface area contributed by atoms with E-state index in [1.54, 1.807) is 6.20 Å². The Balaban J connectivity index is 1.64. The SMILES string of the molecule is CC(C)(C)n1ccc(-c2cc3ncccc3c(OC[C@@H]3CNCCCO3)n2)c1. The fraction of sp³-hybridized carbons (Fsp3) is 0.455. The van der Waals surface area contributed by atoms with Gasteiger partial charge in [0.25, 0.3) is 0 Å². The van der Waals surface area contributed by atoms with Crippen molar-refractivity contribution in [1.82, 2.24) is 19.9 Å². The van der Waals surface area contributed by atoms with Crippen molar-refractivity contribution in [3.63, 3.8) is 0 Å². The van der Waals surface area contributed by atoms with E-state index >= 15 is 0 Å². The van der Waals surface area contributed by atoms with Crippen molar-refractivity contribution in [1.29, 1.82) is 0 Å². The first-order chi connectivity index (χ1) is 13.5. The van der Waals surface area contributed by atoms with Gasteiger partial charge in [0, 0.05) is 42.8 Å². The molecule has 28 heavy (non-hydrogen) atoms. The Labute approximate surface area is 165 Å². The van der Waals surface area contributed by atoms with Gasteiger partial charge in [-0.1, -0.05) is 0 Å². The molecule has 1 atom stereocenters. The molecule has 0 radical (unpaired) electrons. The van der Waals surface area contributed by atoms with E-state index in [1.807, 2.05) is 18.2 Å². The highest BCUT2D eigenvalue weighted by molar-refractivity contribution is 5.86. The predicted molar refractivity (Wildman–Crippen MR) is 111 cm³/mol. The fourth-order valence-electron chi connectivity index (χ4n) is 3.32. The van der Waals surface area contributed by atoms with Crippen LogP contribution in [0.15, 0.2) is 42.9 Å². The van der Waals surface area contributed by atoms with Gasteiger partial charge in [-0.2, -0.15) is 0 Å². The summed E-state index contributed by atoms with van der Waals surface area (Å²) in [7, 11) is 0. The summed E-state index contributed by atoms with van der Waals surface area (Å²) in [6.07, 6.45) is 7.07. The molecular formula is C22H28N4O2. The Morgan fingerprint density at radius 3 is 3.04 bits per heavy atom. The standard InChI is InChI=1S/C22H28N4O2/c1-22(2,3)26-10-7-16(14-26)19-12-20-18(6-4-9-24-20)21(25-19)28-15-17-13-23-8-5-11-27-17/h4,6-7,9-10,12,14,17,23H,5,8,11,13,15H2,1-3H3/t17-/m0/s1. The summed E-state index contributed by atoms with van der Waals surface area (Å²) < 4.78 is 14.2. The number of nitrogens with one attached hydrogen (secondary N) is 1. The number of ether oxygens (including phenoxy) is 2. The van der Waals surface area contributed by atoms with E-state index in [1.165, 1.54) is 0 Å². The monoisotopic (exact) mass is 380 g/mol. The molecule has 1 saturated heterocycles. The highest BCUT2D eigenvalue weighted by atomic mass is 16.5. The molecule has 1 N–H and O–H groups in total. The first kappa shape index (κ1) is 18.9. The first-order valence-electron chi connectivity index (χ1n) is 9.90. The molecule has 4 rings (SSSR count). The van der Waals surface area contributed by atoms with Crippen LogP contribution in [-0.2, 0) is 10.3 Å². The summed E-state index contributed by atoms with van der Waals surface area (Å²) in [4.78, 5) is 9.35. The van der Waals surface area contributed by atoms with Gasteiger partial charge in [-0.15, -0.1) is 0 Å². The molecule has 1 fully saturated rings. The second-order valence-electron chi connectivity index (χ2n) is 8.22. The van der Waals surface area contributed by atoms with Crippen molar-refractivity contribution in [2.75, 3.05) is 26.3 Å². The Hall–Kier alpha value is -2.44. The average Bonchev–Trinajstić information content (AvgIpc) is 3.05. The molecule has 4 heterocycles. The van der Waals surface area contributed by atoms with E-state index in [2.05, 4.69) is 54.1 Å². The Kier molecular flexibility index (Phi) is 5.33. The molecule has 1 aliphatic rings. The number of aromatic nitrogens is 3. The zero-order valence-electron chi connectivity index (χ0n) is 16.8. The largest absolute Gasteiger partial charge is 0.474 e. The van der Waals surface area contributed by atoms with E-state index in [-0.39, 0.29) is 11.6 Å². The van der Waals surface area contributed by atoms with Gasteiger partial charge in [0.15, 0.2) is 0 Å². The van der Waals surface area contributed by atoms with Crippen molar-refractivity contribution in [3.05, 3.63) is 42.9 Å². The van der Waals surface area contributed by atoms with E-state index in [4.69, 9.17) is 14.5 Å². The molecule has 3 aromatic rings. The van der Waals surface area contributed by atoms with E-state index in [9.17, 15) is 0 Å². The predicted octanol–water partition coefficient (Wildman–Crippen LogP) is 3.61. The molecule has 0 bridgehead atoms. The number of hydrogen-bond acceptors (Lipinski definition) is 5. The van der Waals surface area contributed by atoms with Crippen LogP contribution in [0.2, 0.25) is 0 Å². The highest BCUT2D eigenvalue weighted by Gasteiger charge is 2.17. The minimum atomic E-state index is 0.0243. The topological polar surface area (TPSA) is 61.2 Å². The van der Waals surface area contributed by atoms with Crippen molar-refractivity contribution < 1.29 is 9.47 Å². The third-order valence-electron chi connectivity index (χ3n) is 4.96. The van der Waals surface area contributed by atoms with Crippen molar-refractivity contribution in [2.24, 2.45) is 0 Å². The van der Waals surface area contributed by atoms with Gasteiger partial charge in [0.2, 0.25) is 5.88 Å². The fourth-order valence-corrected chi connectivity index (χ4v) is 3.32. The van der Waals surface area contributed by atoms with E-state index in [0.29, 0.717) is 12.5 Å². The van der Waals surface area contributed by atoms with Crippen molar-refractivity contribution in [3.8, 4) is 17.1 Å². The molecule has 6 nitrogen and oxygen atoms in total. The van der Waals surface area contributed by atoms with Crippen LogP contribution in [-0.4, -0.2) is 46.9 Å². The summed E-state index contributed by atoms with van der Waals surface area (Å²) >= 11 is 0. The van der Waals surface area contributed by atoms with Gasteiger partial charge in [0.1, 0.15) is 12.7 Å². The number of pyridine rings is 2. The van der Waals surface area contributed by atoms with Crippen LogP contribution in [0, 0.1) is 0 Å². The Morgan fingerprint density at radius 1 is 1.32 bits per heavy atom. The summed E-state index contributed by atoms with van der Waals surface area (Å²) in [5, 5.41) is 4.30. The minimum absolute atomic E-state index is 0.0243. The lowest BCUT2D eigenvalue weighted by Crippen LogP contribution is -2.31. The van der Waals surface area contributed by atoms with Crippen molar-refractivity contribution in [2.45, 2.75) is 38.8 Å². The highest BCUT2D eigenvalue weighted by Crippen LogP contribution is 2.29. The molecule has 3 aromatic heterocycles. The lowest BCUT2D eigenvalue weighted by atomic mass is 10.1. The lowest BCUT2D eigenvalue weighted by Gasteiger charge is -2.20. The van der Waals surface area contributed by atoms with Crippen LogP contribution in [0.5, 0.6) is 5.88 Å². The second kappa shape index (κ2) is 7.89. The Morgan fingerprint density at radius 2 is 2.21 bits per heavy atom. The third-order valence-corrected chi connectivity index (χ3v) is 4.96. The quantitative estimate of drug-likeness (QED) is 0.749. The maximum Gasteiger partial charge on any atom is 0.223 e. The number of rotatable bonds is 4. The third kappa shape index (κ3) is 4.18. The van der Waals surface area contributed by atoms with E-state index < -0.39 is 0 Å². The van der Waals surface area contributed by atoms with Crippen LogP contribution in [0.25, 0.3) is 22.2 Å². The normalized spacial score (nSPS) is 18.2. The van der Waals surface area contributed by atoms with Gasteiger partial charge in [0.05, 0.1) is 16.6 Å². The van der Waals surface area contributed by atoms with Crippen molar-refractivity contribution >= 4 is 10.9 Å². The molecule has 0 aromatic carbocycles. The van der Waals surface area contributed by atoms with Crippen LogP contribution < -0.4 is 10.1 Å². The Bertz CT molecular complexity index is 937. The molecular weight excluding hydrogens is 352 g/mol. The molecule has 1 aliphatic heterocycles. The first-order valence-corrected chi connectivity index (χ1v) is 9.90. The van der Waals surface area contributed by atoms with Crippen LogP contribution in [0.4, 0.5) is 0 Å². The minimum Gasteiger partial charge on any atom is -0.474 e. The lowest BCUT2D eigenvalue weighted by molar-refractivity contribution is 0.0317. The second-order valence-corrected chi connectivity index (χ2v) is 8.22. The maximum atomic E-state index is 6.13. The number of fused-ring (bicyclic) bond motifs is 1. The summed E-state index contributed by atoms with van der Waals surface area (Å²) in [6.45, 7) is 9.56. The molecule has 0 unspecified atom stereocenters. The van der Waals surface area contributed by atoms with Gasteiger partial charge in [-0.3, -0.25) is 4.98 Å². The van der Waals surface area contributed by atoms with Gasteiger partial charge < -0.3 is 19.4 Å². The maximum absolute atomic E-state index is 6.13. The average molecular weight is 380 g/mol. The molecule has 0 amide bonds. The van der Waals surface area contributed by atoms with Gasteiger partial charge in [-0.05, 0) is 58.0 Å².